The lowest BCUT2D eigenvalue weighted by Gasteiger charge is -2.36. The summed E-state index contributed by atoms with van der Waals surface area (Å²) in [5.41, 5.74) is 2.91. The Morgan fingerprint density at radius 2 is 2.04 bits per heavy atom. The summed E-state index contributed by atoms with van der Waals surface area (Å²) in [6, 6.07) is 0. The lowest BCUT2D eigenvalue weighted by Crippen LogP contribution is -2.31. The van der Waals surface area contributed by atoms with Gasteiger partial charge in [-0.05, 0) is 42.7 Å². The fraction of sp³-hybridized carbons (Fsp3) is 0.579. The van der Waals surface area contributed by atoms with Crippen molar-refractivity contribution in [2.24, 2.45) is 11.3 Å². The van der Waals surface area contributed by atoms with Gasteiger partial charge in [0.2, 0.25) is 0 Å². The van der Waals surface area contributed by atoms with Gasteiger partial charge in [-0.3, -0.25) is 0 Å². The van der Waals surface area contributed by atoms with Gasteiger partial charge in [-0.1, -0.05) is 13.8 Å². The molecule has 0 saturated carbocycles. The molecule has 6 heteroatoms. The second kappa shape index (κ2) is 5.46. The van der Waals surface area contributed by atoms with Crippen LogP contribution in [0.15, 0.2) is 34.6 Å². The molecule has 6 nitrogen and oxygen atoms in total. The third kappa shape index (κ3) is 2.51. The molecule has 0 aromatic carbocycles. The van der Waals surface area contributed by atoms with Crippen LogP contribution in [0.3, 0.4) is 0 Å². The summed E-state index contributed by atoms with van der Waals surface area (Å²) in [5, 5.41) is 10.4. The fourth-order valence-corrected chi connectivity index (χ4v) is 4.38. The van der Waals surface area contributed by atoms with E-state index in [2.05, 4.69) is 13.8 Å². The van der Waals surface area contributed by atoms with Crippen LogP contribution in [0.1, 0.15) is 40.0 Å². The number of aliphatic hydroxyl groups is 1. The van der Waals surface area contributed by atoms with E-state index in [4.69, 9.17) is 14.2 Å². The summed E-state index contributed by atoms with van der Waals surface area (Å²) in [5.74, 6) is -0.965. The first-order chi connectivity index (χ1) is 11.8. The Morgan fingerprint density at radius 1 is 1.28 bits per heavy atom. The lowest BCUT2D eigenvalue weighted by molar-refractivity contribution is -0.152. The minimum atomic E-state index is -0.808. The van der Waals surface area contributed by atoms with Crippen LogP contribution in [0.2, 0.25) is 0 Å². The second-order valence-electron chi connectivity index (χ2n) is 7.85. The van der Waals surface area contributed by atoms with Crippen molar-refractivity contribution >= 4 is 11.9 Å². The van der Waals surface area contributed by atoms with E-state index in [9.17, 15) is 14.7 Å². The molecular formula is C19H22O6. The van der Waals surface area contributed by atoms with Crippen LogP contribution in [-0.4, -0.2) is 35.5 Å². The molecule has 4 aliphatic rings. The van der Waals surface area contributed by atoms with Crippen molar-refractivity contribution in [2.75, 3.05) is 0 Å². The average molecular weight is 346 g/mol. The Kier molecular flexibility index (Phi) is 3.58. The molecule has 0 spiro atoms. The zero-order valence-electron chi connectivity index (χ0n) is 14.6. The van der Waals surface area contributed by atoms with Gasteiger partial charge in [0.1, 0.15) is 6.10 Å². The molecule has 1 fully saturated rings. The first-order valence-electron chi connectivity index (χ1n) is 8.65. The fourth-order valence-electron chi connectivity index (χ4n) is 4.38. The maximum Gasteiger partial charge on any atom is 0.338 e. The van der Waals surface area contributed by atoms with Gasteiger partial charge < -0.3 is 19.3 Å². The summed E-state index contributed by atoms with van der Waals surface area (Å²) in [6.07, 6.45) is 3.53. The summed E-state index contributed by atoms with van der Waals surface area (Å²) in [4.78, 5) is 23.7. The van der Waals surface area contributed by atoms with Crippen LogP contribution in [-0.2, 0) is 23.8 Å². The SMILES string of the molecule is CC1=C[C@H](OC=C2C(=O)O[C@@H]3C4=C(CC23)C(O)CCC4(C)C)OC1=O. The number of carbonyl (C=O) groups excluding carboxylic acids is 2. The monoisotopic (exact) mass is 346 g/mol. The number of esters is 2. The van der Waals surface area contributed by atoms with Gasteiger partial charge in [0, 0.05) is 17.6 Å². The van der Waals surface area contributed by atoms with Gasteiger partial charge in [0.05, 0.1) is 17.9 Å². The highest BCUT2D eigenvalue weighted by atomic mass is 16.7. The Bertz CT molecular complexity index is 741. The van der Waals surface area contributed by atoms with Crippen molar-refractivity contribution in [2.45, 2.75) is 58.5 Å². The first-order valence-corrected chi connectivity index (χ1v) is 8.65. The van der Waals surface area contributed by atoms with E-state index in [1.807, 2.05) is 0 Å². The Morgan fingerprint density at radius 3 is 2.72 bits per heavy atom. The molecule has 2 unspecified atom stereocenters. The van der Waals surface area contributed by atoms with Crippen molar-refractivity contribution < 1.29 is 28.9 Å². The molecule has 1 N–H and O–H groups in total. The van der Waals surface area contributed by atoms with Crippen molar-refractivity contribution in [3.05, 3.63) is 34.6 Å². The van der Waals surface area contributed by atoms with E-state index in [-0.39, 0.29) is 17.4 Å². The zero-order chi connectivity index (χ0) is 17.9. The van der Waals surface area contributed by atoms with Crippen LogP contribution in [0.4, 0.5) is 0 Å². The van der Waals surface area contributed by atoms with Crippen molar-refractivity contribution in [3.8, 4) is 0 Å². The zero-order valence-corrected chi connectivity index (χ0v) is 14.6. The van der Waals surface area contributed by atoms with Crippen LogP contribution < -0.4 is 0 Å². The van der Waals surface area contributed by atoms with Crippen LogP contribution in [0.25, 0.3) is 0 Å². The molecular weight excluding hydrogens is 324 g/mol. The first kappa shape index (κ1) is 16.4. The lowest BCUT2D eigenvalue weighted by atomic mass is 9.71. The quantitative estimate of drug-likeness (QED) is 0.357. The molecule has 2 aliphatic carbocycles. The molecule has 4 atom stereocenters. The van der Waals surface area contributed by atoms with Crippen LogP contribution in [0.5, 0.6) is 0 Å². The summed E-state index contributed by atoms with van der Waals surface area (Å²) in [6.45, 7) is 5.92. The molecule has 0 aromatic rings. The van der Waals surface area contributed by atoms with Crippen molar-refractivity contribution in [1.29, 1.82) is 0 Å². The van der Waals surface area contributed by atoms with Gasteiger partial charge in [0.15, 0.2) is 0 Å². The van der Waals surface area contributed by atoms with Crippen molar-refractivity contribution in [3.63, 3.8) is 0 Å². The summed E-state index contributed by atoms with van der Waals surface area (Å²) < 4.78 is 16.1. The van der Waals surface area contributed by atoms with Crippen LogP contribution in [0, 0.1) is 11.3 Å². The van der Waals surface area contributed by atoms with Gasteiger partial charge in [-0.2, -0.15) is 0 Å². The van der Waals surface area contributed by atoms with E-state index < -0.39 is 24.3 Å². The summed E-state index contributed by atoms with van der Waals surface area (Å²) in [7, 11) is 0. The van der Waals surface area contributed by atoms with Gasteiger partial charge >= 0.3 is 11.9 Å². The van der Waals surface area contributed by atoms with Crippen molar-refractivity contribution in [1.82, 2.24) is 0 Å². The molecule has 4 rings (SSSR count). The molecule has 1 saturated heterocycles. The standard InChI is InChI=1S/C19H22O6/c1-9-6-14(24-17(9)21)23-8-12-10-7-11-13(20)4-5-19(2,3)15(11)16(10)25-18(12)22/h6,8,10,13-14,16,20H,4-5,7H2,1-3H3/t10?,13?,14-,16+/m1/s1. The second-order valence-corrected chi connectivity index (χ2v) is 7.85. The molecule has 0 bridgehead atoms. The molecule has 2 heterocycles. The average Bonchev–Trinajstić information content (AvgIpc) is 3.15. The maximum atomic E-state index is 12.3. The largest absolute Gasteiger partial charge is 0.458 e. The molecule has 25 heavy (non-hydrogen) atoms. The van der Waals surface area contributed by atoms with E-state index >= 15 is 0 Å². The number of rotatable bonds is 2. The van der Waals surface area contributed by atoms with E-state index in [1.54, 1.807) is 13.0 Å². The van der Waals surface area contributed by atoms with Gasteiger partial charge in [-0.15, -0.1) is 0 Å². The molecule has 0 amide bonds. The van der Waals surface area contributed by atoms with Gasteiger partial charge in [0.25, 0.3) is 6.29 Å². The number of ether oxygens (including phenoxy) is 3. The predicted molar refractivity (Wildman–Crippen MR) is 86.8 cm³/mol. The van der Waals surface area contributed by atoms with Gasteiger partial charge in [-0.25, -0.2) is 9.59 Å². The maximum absolute atomic E-state index is 12.3. The van der Waals surface area contributed by atoms with E-state index in [0.717, 1.165) is 24.0 Å². The Hall–Kier alpha value is -2.08. The predicted octanol–water partition coefficient (Wildman–Crippen LogP) is 2.14. The minimum Gasteiger partial charge on any atom is -0.458 e. The smallest absolute Gasteiger partial charge is 0.338 e. The highest BCUT2D eigenvalue weighted by Gasteiger charge is 2.53. The Labute approximate surface area is 146 Å². The highest BCUT2D eigenvalue weighted by Crippen LogP contribution is 2.54. The van der Waals surface area contributed by atoms with Crippen LogP contribution >= 0.6 is 0 Å². The molecule has 0 aromatic heterocycles. The third-order valence-corrected chi connectivity index (χ3v) is 5.74. The number of carbonyl (C=O) groups is 2. The number of aliphatic hydroxyl groups excluding tert-OH is 1. The third-order valence-electron chi connectivity index (χ3n) is 5.74. The number of fused-ring (bicyclic) bond motifs is 2. The molecule has 2 aliphatic heterocycles. The topological polar surface area (TPSA) is 82.1 Å². The normalized spacial score (nSPS) is 37.6. The number of cyclic esters (lactones) is 1. The number of hydrogen-bond acceptors (Lipinski definition) is 6. The highest BCUT2D eigenvalue weighted by molar-refractivity contribution is 5.92. The number of hydrogen-bond donors (Lipinski definition) is 1. The molecule has 134 valence electrons. The minimum absolute atomic E-state index is 0.0919. The molecule has 0 radical (unpaired) electrons. The van der Waals surface area contributed by atoms with E-state index in [0.29, 0.717) is 17.6 Å². The summed E-state index contributed by atoms with van der Waals surface area (Å²) >= 11 is 0. The van der Waals surface area contributed by atoms with E-state index in [1.165, 1.54) is 6.26 Å². The Balaban J connectivity index is 1.57.